The van der Waals surface area contributed by atoms with Gasteiger partial charge in [-0.2, -0.15) is 0 Å². The summed E-state index contributed by atoms with van der Waals surface area (Å²) in [6, 6.07) is 8.02. The molecule has 23 heavy (non-hydrogen) atoms. The lowest BCUT2D eigenvalue weighted by molar-refractivity contribution is -0.132. The third-order valence-corrected chi connectivity index (χ3v) is 4.46. The van der Waals surface area contributed by atoms with E-state index in [1.807, 2.05) is 19.2 Å². The number of likely N-dealkylation sites (N-methyl/N-ethyl adjacent to an activating group) is 1. The Kier molecular flexibility index (Phi) is 7.40. The largest absolute Gasteiger partial charge is 0.484 e. The van der Waals surface area contributed by atoms with E-state index >= 15 is 0 Å². The molecule has 0 radical (unpaired) electrons. The minimum atomic E-state index is 0.0368. The van der Waals surface area contributed by atoms with Gasteiger partial charge in [0.25, 0.3) is 5.91 Å². The van der Waals surface area contributed by atoms with Crippen molar-refractivity contribution in [2.45, 2.75) is 39.0 Å². The molecule has 0 aromatic heterocycles. The van der Waals surface area contributed by atoms with Crippen molar-refractivity contribution in [2.24, 2.45) is 5.92 Å². The van der Waals surface area contributed by atoms with Gasteiger partial charge in [0, 0.05) is 26.8 Å². The second-order valence-corrected chi connectivity index (χ2v) is 6.34. The van der Waals surface area contributed by atoms with Crippen LogP contribution in [0.25, 0.3) is 0 Å². The highest BCUT2D eigenvalue weighted by Gasteiger charge is 2.16. The van der Waals surface area contributed by atoms with Gasteiger partial charge >= 0.3 is 0 Å². The molecule has 1 fully saturated rings. The molecule has 128 valence electrons. The summed E-state index contributed by atoms with van der Waals surface area (Å²) in [5.74, 6) is 1.48. The lowest BCUT2D eigenvalue weighted by Gasteiger charge is -2.24. The first-order chi connectivity index (χ1) is 11.2. The second-order valence-electron chi connectivity index (χ2n) is 6.34. The molecule has 0 N–H and O–H groups in total. The van der Waals surface area contributed by atoms with E-state index in [1.165, 1.54) is 5.56 Å². The molecule has 1 aliphatic rings. The molecule has 1 aromatic rings. The predicted octanol–water partition coefficient (Wildman–Crippen LogP) is 3.29. The molecule has 0 bridgehead atoms. The van der Waals surface area contributed by atoms with Gasteiger partial charge in [0.2, 0.25) is 0 Å². The van der Waals surface area contributed by atoms with Gasteiger partial charge in [0.15, 0.2) is 6.61 Å². The SMILES string of the molecule is CCCc1ccc(OCC(=O)N(C)CCC2CCOCC2)cc1. The molecule has 4 nitrogen and oxygen atoms in total. The summed E-state index contributed by atoms with van der Waals surface area (Å²) in [4.78, 5) is 13.9. The van der Waals surface area contributed by atoms with Crippen molar-refractivity contribution < 1.29 is 14.3 Å². The van der Waals surface area contributed by atoms with Gasteiger partial charge in [-0.1, -0.05) is 25.5 Å². The lowest BCUT2D eigenvalue weighted by atomic mass is 9.96. The third-order valence-electron chi connectivity index (χ3n) is 4.46. The summed E-state index contributed by atoms with van der Waals surface area (Å²) in [5, 5.41) is 0. The third kappa shape index (κ3) is 6.22. The van der Waals surface area contributed by atoms with Crippen LogP contribution >= 0.6 is 0 Å². The Morgan fingerprint density at radius 1 is 1.26 bits per heavy atom. The molecular formula is C19H29NO3. The Balaban J connectivity index is 1.68. The molecule has 1 saturated heterocycles. The second kappa shape index (κ2) is 9.56. The van der Waals surface area contributed by atoms with Gasteiger partial charge in [0.05, 0.1) is 0 Å². The Labute approximate surface area is 139 Å². The van der Waals surface area contributed by atoms with Gasteiger partial charge in [0.1, 0.15) is 5.75 Å². The topological polar surface area (TPSA) is 38.8 Å². The van der Waals surface area contributed by atoms with Gasteiger partial charge in [-0.25, -0.2) is 0 Å². The zero-order valence-corrected chi connectivity index (χ0v) is 14.4. The first kappa shape index (κ1) is 17.8. The molecule has 0 unspecified atom stereocenters. The standard InChI is InChI=1S/C19H29NO3/c1-3-4-16-5-7-18(8-6-16)23-15-19(21)20(2)12-9-17-10-13-22-14-11-17/h5-8,17H,3-4,9-15H2,1-2H3. The van der Waals surface area contributed by atoms with Gasteiger partial charge < -0.3 is 14.4 Å². The highest BCUT2D eigenvalue weighted by molar-refractivity contribution is 5.77. The quantitative estimate of drug-likeness (QED) is 0.738. The first-order valence-electron chi connectivity index (χ1n) is 8.72. The predicted molar refractivity (Wildman–Crippen MR) is 91.7 cm³/mol. The van der Waals surface area contributed by atoms with Crippen LogP contribution in [-0.2, 0) is 16.0 Å². The van der Waals surface area contributed by atoms with E-state index in [2.05, 4.69) is 19.1 Å². The van der Waals surface area contributed by atoms with E-state index in [4.69, 9.17) is 9.47 Å². The molecule has 1 amide bonds. The molecule has 2 rings (SSSR count). The molecule has 0 aliphatic carbocycles. The zero-order chi connectivity index (χ0) is 16.5. The Morgan fingerprint density at radius 2 is 1.96 bits per heavy atom. The van der Waals surface area contributed by atoms with Crippen molar-refractivity contribution >= 4 is 5.91 Å². The van der Waals surface area contributed by atoms with Crippen molar-refractivity contribution in [3.05, 3.63) is 29.8 Å². The van der Waals surface area contributed by atoms with Crippen LogP contribution in [-0.4, -0.2) is 44.2 Å². The maximum Gasteiger partial charge on any atom is 0.260 e. The molecule has 0 spiro atoms. The smallest absolute Gasteiger partial charge is 0.260 e. The normalized spacial score (nSPS) is 15.4. The van der Waals surface area contributed by atoms with E-state index in [1.54, 1.807) is 4.90 Å². The molecule has 1 aromatic carbocycles. The van der Waals surface area contributed by atoms with E-state index in [-0.39, 0.29) is 12.5 Å². The highest BCUT2D eigenvalue weighted by atomic mass is 16.5. The van der Waals surface area contributed by atoms with Crippen LogP contribution in [0.15, 0.2) is 24.3 Å². The first-order valence-corrected chi connectivity index (χ1v) is 8.72. The molecule has 1 aliphatic heterocycles. The average Bonchev–Trinajstić information content (AvgIpc) is 2.60. The highest BCUT2D eigenvalue weighted by Crippen LogP contribution is 2.18. The Bertz CT molecular complexity index is 466. The number of carbonyl (C=O) groups is 1. The molecule has 0 atom stereocenters. The van der Waals surface area contributed by atoms with Crippen LogP contribution in [0.3, 0.4) is 0 Å². The monoisotopic (exact) mass is 319 g/mol. The average molecular weight is 319 g/mol. The van der Waals surface area contributed by atoms with E-state index in [0.717, 1.165) is 57.6 Å². The fourth-order valence-electron chi connectivity index (χ4n) is 2.83. The Hall–Kier alpha value is -1.55. The number of ether oxygens (including phenoxy) is 2. The number of aryl methyl sites for hydroxylation is 1. The van der Waals surface area contributed by atoms with Crippen LogP contribution in [0.1, 0.15) is 38.2 Å². The van der Waals surface area contributed by atoms with Gasteiger partial charge in [-0.05, 0) is 49.3 Å². The Morgan fingerprint density at radius 3 is 2.61 bits per heavy atom. The number of carbonyl (C=O) groups excluding carboxylic acids is 1. The molecule has 0 saturated carbocycles. The van der Waals surface area contributed by atoms with Crippen molar-refractivity contribution in [3.8, 4) is 5.75 Å². The number of nitrogens with zero attached hydrogens (tertiary/aromatic N) is 1. The van der Waals surface area contributed by atoms with Crippen LogP contribution in [0.2, 0.25) is 0 Å². The summed E-state index contributed by atoms with van der Waals surface area (Å²) in [6.45, 7) is 4.79. The number of amides is 1. The van der Waals surface area contributed by atoms with Crippen molar-refractivity contribution in [3.63, 3.8) is 0 Å². The molecule has 4 heteroatoms. The lowest BCUT2D eigenvalue weighted by Crippen LogP contribution is -2.33. The number of hydrogen-bond donors (Lipinski definition) is 0. The fourth-order valence-corrected chi connectivity index (χ4v) is 2.83. The van der Waals surface area contributed by atoms with Crippen LogP contribution in [0, 0.1) is 5.92 Å². The maximum atomic E-state index is 12.1. The van der Waals surface area contributed by atoms with Crippen LogP contribution in [0.5, 0.6) is 5.75 Å². The molecule has 1 heterocycles. The number of hydrogen-bond acceptors (Lipinski definition) is 3. The summed E-state index contributed by atoms with van der Waals surface area (Å²) in [6.07, 6.45) is 5.49. The van der Waals surface area contributed by atoms with E-state index < -0.39 is 0 Å². The minimum Gasteiger partial charge on any atom is -0.484 e. The van der Waals surface area contributed by atoms with E-state index in [9.17, 15) is 4.79 Å². The summed E-state index contributed by atoms with van der Waals surface area (Å²) in [5.41, 5.74) is 1.31. The summed E-state index contributed by atoms with van der Waals surface area (Å²) >= 11 is 0. The molecular weight excluding hydrogens is 290 g/mol. The summed E-state index contributed by atoms with van der Waals surface area (Å²) < 4.78 is 11.0. The van der Waals surface area contributed by atoms with Crippen molar-refractivity contribution in [1.29, 1.82) is 0 Å². The number of benzene rings is 1. The van der Waals surface area contributed by atoms with Crippen LogP contribution in [0.4, 0.5) is 0 Å². The fraction of sp³-hybridized carbons (Fsp3) is 0.632. The minimum absolute atomic E-state index is 0.0368. The van der Waals surface area contributed by atoms with Gasteiger partial charge in [-0.15, -0.1) is 0 Å². The zero-order valence-electron chi connectivity index (χ0n) is 14.4. The number of rotatable bonds is 8. The van der Waals surface area contributed by atoms with Crippen molar-refractivity contribution in [2.75, 3.05) is 33.4 Å². The van der Waals surface area contributed by atoms with E-state index in [0.29, 0.717) is 5.92 Å². The van der Waals surface area contributed by atoms with Gasteiger partial charge in [-0.3, -0.25) is 4.79 Å². The maximum absolute atomic E-state index is 12.1. The van der Waals surface area contributed by atoms with Crippen LogP contribution < -0.4 is 4.74 Å². The summed E-state index contributed by atoms with van der Waals surface area (Å²) in [7, 11) is 1.86. The van der Waals surface area contributed by atoms with Crippen molar-refractivity contribution in [1.82, 2.24) is 4.90 Å².